The van der Waals surface area contributed by atoms with E-state index in [0.717, 1.165) is 6.07 Å². The zero-order chi connectivity index (χ0) is 17.2. The summed E-state index contributed by atoms with van der Waals surface area (Å²) in [6.45, 7) is 1.24. The van der Waals surface area contributed by atoms with Gasteiger partial charge in [0.2, 0.25) is 5.91 Å². The molecule has 2 amide bonds. The van der Waals surface area contributed by atoms with Crippen LogP contribution in [-0.2, 0) is 11.0 Å². The summed E-state index contributed by atoms with van der Waals surface area (Å²) in [4.78, 5) is 22.8. The standard InChI is InChI=1S/C14H10ClF3N2O3/c1-7(21)19-12-5-4-11(23-12)13(22)20-10-3-2-8(15)6-9(10)14(16,17)18/h2-6H,1H3,(H,19,21)(H,20,22). The Labute approximate surface area is 133 Å². The van der Waals surface area contributed by atoms with Crippen molar-refractivity contribution in [3.63, 3.8) is 0 Å². The summed E-state index contributed by atoms with van der Waals surface area (Å²) in [5.74, 6) is -1.55. The van der Waals surface area contributed by atoms with E-state index in [0.29, 0.717) is 6.07 Å². The van der Waals surface area contributed by atoms with E-state index in [1.807, 2.05) is 0 Å². The van der Waals surface area contributed by atoms with Crippen molar-refractivity contribution in [1.29, 1.82) is 0 Å². The number of hydrogen-bond acceptors (Lipinski definition) is 3. The molecule has 2 aromatic rings. The Balaban J connectivity index is 2.24. The van der Waals surface area contributed by atoms with Crippen molar-refractivity contribution in [2.75, 3.05) is 10.6 Å². The molecule has 5 nitrogen and oxygen atoms in total. The van der Waals surface area contributed by atoms with Crippen LogP contribution in [0.3, 0.4) is 0 Å². The van der Waals surface area contributed by atoms with E-state index >= 15 is 0 Å². The van der Waals surface area contributed by atoms with Crippen LogP contribution in [0.15, 0.2) is 34.7 Å². The fourth-order valence-electron chi connectivity index (χ4n) is 1.74. The highest BCUT2D eigenvalue weighted by Gasteiger charge is 2.34. The zero-order valence-electron chi connectivity index (χ0n) is 11.6. The molecule has 23 heavy (non-hydrogen) atoms. The lowest BCUT2D eigenvalue weighted by Crippen LogP contribution is -2.16. The number of hydrogen-bond donors (Lipinski definition) is 2. The van der Waals surface area contributed by atoms with Gasteiger partial charge in [-0.2, -0.15) is 13.2 Å². The Bertz CT molecular complexity index is 756. The molecule has 0 atom stereocenters. The summed E-state index contributed by atoms with van der Waals surface area (Å²) in [6.07, 6.45) is -4.68. The maximum atomic E-state index is 12.9. The van der Waals surface area contributed by atoms with Gasteiger partial charge in [-0.15, -0.1) is 0 Å². The summed E-state index contributed by atoms with van der Waals surface area (Å²) < 4.78 is 43.9. The van der Waals surface area contributed by atoms with Gasteiger partial charge in [0.1, 0.15) is 0 Å². The lowest BCUT2D eigenvalue weighted by molar-refractivity contribution is -0.136. The molecule has 1 aromatic carbocycles. The largest absolute Gasteiger partial charge is 0.435 e. The van der Waals surface area contributed by atoms with E-state index in [2.05, 4.69) is 10.6 Å². The van der Waals surface area contributed by atoms with Gasteiger partial charge in [-0.05, 0) is 24.3 Å². The van der Waals surface area contributed by atoms with Crippen molar-refractivity contribution >= 4 is 35.0 Å². The number of rotatable bonds is 3. The Morgan fingerprint density at radius 2 is 1.83 bits per heavy atom. The Hall–Kier alpha value is -2.48. The van der Waals surface area contributed by atoms with Crippen LogP contribution in [0.1, 0.15) is 23.0 Å². The predicted molar refractivity (Wildman–Crippen MR) is 77.4 cm³/mol. The molecule has 1 heterocycles. The maximum Gasteiger partial charge on any atom is 0.418 e. The van der Waals surface area contributed by atoms with E-state index in [-0.39, 0.29) is 16.7 Å². The monoisotopic (exact) mass is 346 g/mol. The van der Waals surface area contributed by atoms with Gasteiger partial charge in [0.15, 0.2) is 11.6 Å². The van der Waals surface area contributed by atoms with Crippen LogP contribution in [0.2, 0.25) is 5.02 Å². The number of amides is 2. The first kappa shape index (κ1) is 16.9. The van der Waals surface area contributed by atoms with E-state index in [1.165, 1.54) is 25.1 Å². The van der Waals surface area contributed by atoms with Gasteiger partial charge >= 0.3 is 6.18 Å². The second-order valence-electron chi connectivity index (χ2n) is 4.49. The third-order valence-electron chi connectivity index (χ3n) is 2.66. The smallest absolute Gasteiger partial charge is 0.418 e. The molecule has 0 spiro atoms. The summed E-state index contributed by atoms with van der Waals surface area (Å²) in [5, 5.41) is 4.30. The molecule has 9 heteroatoms. The Morgan fingerprint density at radius 3 is 2.43 bits per heavy atom. The normalized spacial score (nSPS) is 11.2. The van der Waals surface area contributed by atoms with Gasteiger partial charge in [0, 0.05) is 18.0 Å². The molecule has 0 saturated heterocycles. The SMILES string of the molecule is CC(=O)Nc1ccc(C(=O)Nc2ccc(Cl)cc2C(F)(F)F)o1. The molecule has 0 radical (unpaired) electrons. The molecule has 1 aromatic heterocycles. The number of carbonyl (C=O) groups excluding carboxylic acids is 2. The number of carbonyl (C=O) groups is 2. The van der Waals surface area contributed by atoms with Gasteiger partial charge in [-0.3, -0.25) is 14.9 Å². The predicted octanol–water partition coefficient (Wildman–Crippen LogP) is 4.16. The molecule has 0 saturated carbocycles. The number of alkyl halides is 3. The van der Waals surface area contributed by atoms with Crippen LogP contribution in [0.5, 0.6) is 0 Å². The molecule has 2 rings (SSSR count). The molecule has 0 aliphatic carbocycles. The average molecular weight is 347 g/mol. The number of furan rings is 1. The van der Waals surface area contributed by atoms with Crippen molar-refractivity contribution in [2.45, 2.75) is 13.1 Å². The molecule has 2 N–H and O–H groups in total. The molecular formula is C14H10ClF3N2O3. The number of halogens is 4. The minimum absolute atomic E-state index is 0.00907. The molecule has 0 bridgehead atoms. The lowest BCUT2D eigenvalue weighted by atomic mass is 10.1. The third-order valence-corrected chi connectivity index (χ3v) is 2.90. The van der Waals surface area contributed by atoms with Gasteiger partial charge in [-0.25, -0.2) is 0 Å². The van der Waals surface area contributed by atoms with E-state index < -0.39 is 29.2 Å². The Morgan fingerprint density at radius 1 is 1.13 bits per heavy atom. The minimum Gasteiger partial charge on any atom is -0.435 e. The molecule has 0 fully saturated rings. The Kier molecular flexibility index (Phi) is 4.65. The van der Waals surface area contributed by atoms with Crippen molar-refractivity contribution in [2.24, 2.45) is 0 Å². The number of benzene rings is 1. The van der Waals surface area contributed by atoms with Crippen LogP contribution in [0.25, 0.3) is 0 Å². The van der Waals surface area contributed by atoms with Crippen LogP contribution >= 0.6 is 11.6 Å². The van der Waals surface area contributed by atoms with E-state index in [9.17, 15) is 22.8 Å². The lowest BCUT2D eigenvalue weighted by Gasteiger charge is -2.13. The molecule has 0 aliphatic rings. The second-order valence-corrected chi connectivity index (χ2v) is 4.92. The highest BCUT2D eigenvalue weighted by molar-refractivity contribution is 6.30. The van der Waals surface area contributed by atoms with E-state index in [4.69, 9.17) is 16.0 Å². The summed E-state index contributed by atoms with van der Waals surface area (Å²) in [7, 11) is 0. The first-order valence-electron chi connectivity index (χ1n) is 6.22. The first-order chi connectivity index (χ1) is 10.7. The molecule has 122 valence electrons. The van der Waals surface area contributed by atoms with Crippen molar-refractivity contribution in [3.8, 4) is 0 Å². The second kappa shape index (κ2) is 6.33. The number of nitrogens with one attached hydrogen (secondary N) is 2. The van der Waals surface area contributed by atoms with Crippen LogP contribution < -0.4 is 10.6 Å². The fourth-order valence-corrected chi connectivity index (χ4v) is 1.92. The summed E-state index contributed by atoms with van der Waals surface area (Å²) in [5.41, 5.74) is -1.53. The summed E-state index contributed by atoms with van der Waals surface area (Å²) >= 11 is 5.56. The zero-order valence-corrected chi connectivity index (χ0v) is 12.4. The topological polar surface area (TPSA) is 71.3 Å². The fraction of sp³-hybridized carbons (Fsp3) is 0.143. The highest BCUT2D eigenvalue weighted by Crippen LogP contribution is 2.36. The van der Waals surface area contributed by atoms with Crippen molar-refractivity contribution in [3.05, 3.63) is 46.7 Å². The first-order valence-corrected chi connectivity index (χ1v) is 6.60. The van der Waals surface area contributed by atoms with E-state index in [1.54, 1.807) is 0 Å². The summed E-state index contributed by atoms with van der Waals surface area (Å²) in [6, 6.07) is 5.51. The maximum absolute atomic E-state index is 12.9. The quantitative estimate of drug-likeness (QED) is 0.876. The van der Waals surface area contributed by atoms with Crippen LogP contribution in [0.4, 0.5) is 24.7 Å². The number of anilines is 2. The highest BCUT2D eigenvalue weighted by atomic mass is 35.5. The van der Waals surface area contributed by atoms with Crippen LogP contribution in [-0.4, -0.2) is 11.8 Å². The minimum atomic E-state index is -4.68. The van der Waals surface area contributed by atoms with Gasteiger partial charge < -0.3 is 9.73 Å². The van der Waals surface area contributed by atoms with Gasteiger partial charge in [0.25, 0.3) is 5.91 Å². The van der Waals surface area contributed by atoms with Gasteiger partial charge in [-0.1, -0.05) is 11.6 Å². The van der Waals surface area contributed by atoms with Crippen molar-refractivity contribution in [1.82, 2.24) is 0 Å². The molecular weight excluding hydrogens is 337 g/mol. The van der Waals surface area contributed by atoms with Gasteiger partial charge in [0.05, 0.1) is 11.3 Å². The molecule has 0 unspecified atom stereocenters. The third kappa shape index (κ3) is 4.26. The molecule has 0 aliphatic heterocycles. The van der Waals surface area contributed by atoms with Crippen LogP contribution in [0, 0.1) is 0 Å². The van der Waals surface area contributed by atoms with Crippen molar-refractivity contribution < 1.29 is 27.2 Å². The average Bonchev–Trinajstić information content (AvgIpc) is 2.87.